The summed E-state index contributed by atoms with van der Waals surface area (Å²) in [5, 5.41) is 6.25. The maximum absolute atomic E-state index is 12.6. The average molecular weight is 416 g/mol. The van der Waals surface area contributed by atoms with Gasteiger partial charge in [-0.3, -0.25) is 14.8 Å². The van der Waals surface area contributed by atoms with Gasteiger partial charge in [-0.25, -0.2) is 4.98 Å². The molecule has 2 aliphatic heterocycles. The lowest BCUT2D eigenvalue weighted by atomic mass is 9.92. The van der Waals surface area contributed by atoms with E-state index < -0.39 is 0 Å². The van der Waals surface area contributed by atoms with E-state index in [-0.39, 0.29) is 30.7 Å². The van der Waals surface area contributed by atoms with Crippen LogP contribution in [0.3, 0.4) is 0 Å². The van der Waals surface area contributed by atoms with Crippen molar-refractivity contribution in [2.45, 2.75) is 19.3 Å². The highest BCUT2D eigenvalue weighted by molar-refractivity contribution is 7.13. The van der Waals surface area contributed by atoms with E-state index in [0.717, 1.165) is 67.3 Å². The molecule has 4 heterocycles. The van der Waals surface area contributed by atoms with Gasteiger partial charge in [-0.15, -0.1) is 36.2 Å². The molecule has 0 spiro atoms. The third-order valence-electron chi connectivity index (χ3n) is 5.04. The minimum absolute atomic E-state index is 0. The fourth-order valence-electron chi connectivity index (χ4n) is 3.65. The van der Waals surface area contributed by atoms with Crippen LogP contribution in [0.2, 0.25) is 0 Å². The van der Waals surface area contributed by atoms with E-state index in [9.17, 15) is 4.79 Å². The average Bonchev–Trinajstić information content (AvgIpc) is 3.21. The number of carbonyl (C=O) groups is 1. The summed E-state index contributed by atoms with van der Waals surface area (Å²) in [6.07, 6.45) is 7.61. The number of rotatable bonds is 3. The molecule has 6 nitrogen and oxygen atoms in total. The van der Waals surface area contributed by atoms with Crippen LogP contribution in [0.15, 0.2) is 24.0 Å². The second kappa shape index (κ2) is 9.60. The van der Waals surface area contributed by atoms with E-state index in [1.165, 1.54) is 11.3 Å². The van der Waals surface area contributed by atoms with Crippen LogP contribution < -0.4 is 5.32 Å². The molecule has 0 aliphatic carbocycles. The zero-order valence-corrected chi connectivity index (χ0v) is 16.8. The molecule has 2 aromatic rings. The Balaban J connectivity index is 0.00000121. The van der Waals surface area contributed by atoms with Gasteiger partial charge in [0.25, 0.3) is 0 Å². The van der Waals surface area contributed by atoms with Crippen LogP contribution in [0.4, 0.5) is 0 Å². The van der Waals surface area contributed by atoms with Crippen molar-refractivity contribution in [3.05, 3.63) is 29.7 Å². The highest BCUT2D eigenvalue weighted by atomic mass is 35.5. The maximum atomic E-state index is 12.6. The Hall–Kier alpha value is -1.28. The molecular formula is C17H23Cl2N5OS. The summed E-state index contributed by atoms with van der Waals surface area (Å²) in [6, 6.07) is 0. The number of halogens is 2. The molecule has 1 N–H and O–H groups in total. The molecule has 2 fully saturated rings. The Morgan fingerprint density at radius 1 is 1.19 bits per heavy atom. The van der Waals surface area contributed by atoms with Gasteiger partial charge in [0.1, 0.15) is 10.7 Å². The van der Waals surface area contributed by atoms with E-state index >= 15 is 0 Å². The van der Waals surface area contributed by atoms with Crippen molar-refractivity contribution in [2.24, 2.45) is 11.8 Å². The molecule has 4 rings (SSSR count). The summed E-state index contributed by atoms with van der Waals surface area (Å²) in [7, 11) is 0. The SMILES string of the molecule is Cl.Cl.O=C(Cc1csc(-c2cnccn2)n1)N1CC[C@@H]2CNC[C@@H]2CC1. The minimum Gasteiger partial charge on any atom is -0.342 e. The van der Waals surface area contributed by atoms with Crippen LogP contribution in [0.25, 0.3) is 10.7 Å². The Morgan fingerprint density at radius 2 is 1.92 bits per heavy atom. The second-order valence-corrected chi connectivity index (χ2v) is 7.41. The number of nitrogens with zero attached hydrogens (tertiary/aromatic N) is 4. The van der Waals surface area contributed by atoms with Gasteiger partial charge in [0.05, 0.1) is 18.3 Å². The monoisotopic (exact) mass is 415 g/mol. The molecule has 2 aliphatic rings. The predicted octanol–water partition coefficient (Wildman–Crippen LogP) is 2.44. The predicted molar refractivity (Wildman–Crippen MR) is 107 cm³/mol. The largest absolute Gasteiger partial charge is 0.342 e. The molecule has 142 valence electrons. The summed E-state index contributed by atoms with van der Waals surface area (Å²) < 4.78 is 0. The molecule has 2 saturated heterocycles. The van der Waals surface area contributed by atoms with Gasteiger partial charge in [0.2, 0.25) is 5.91 Å². The zero-order chi connectivity index (χ0) is 16.4. The molecule has 0 saturated carbocycles. The normalized spacial score (nSPS) is 21.9. The number of aromatic nitrogens is 3. The van der Waals surface area contributed by atoms with Crippen molar-refractivity contribution in [2.75, 3.05) is 26.2 Å². The number of hydrogen-bond donors (Lipinski definition) is 1. The zero-order valence-electron chi connectivity index (χ0n) is 14.3. The van der Waals surface area contributed by atoms with E-state index in [4.69, 9.17) is 0 Å². The van der Waals surface area contributed by atoms with E-state index in [2.05, 4.69) is 20.3 Å². The summed E-state index contributed by atoms with van der Waals surface area (Å²) in [6.45, 7) is 3.98. The summed E-state index contributed by atoms with van der Waals surface area (Å²) >= 11 is 1.52. The first kappa shape index (κ1) is 21.0. The van der Waals surface area contributed by atoms with Crippen LogP contribution in [-0.2, 0) is 11.2 Å². The highest BCUT2D eigenvalue weighted by Crippen LogP contribution is 2.27. The van der Waals surface area contributed by atoms with E-state index in [1.54, 1.807) is 18.6 Å². The number of hydrogen-bond acceptors (Lipinski definition) is 6. The van der Waals surface area contributed by atoms with Gasteiger partial charge < -0.3 is 10.2 Å². The van der Waals surface area contributed by atoms with Gasteiger partial charge in [-0.1, -0.05) is 0 Å². The van der Waals surface area contributed by atoms with Gasteiger partial charge in [-0.2, -0.15) is 0 Å². The topological polar surface area (TPSA) is 71.0 Å². The highest BCUT2D eigenvalue weighted by Gasteiger charge is 2.31. The Morgan fingerprint density at radius 3 is 2.58 bits per heavy atom. The lowest BCUT2D eigenvalue weighted by Crippen LogP contribution is -2.34. The first-order valence-corrected chi connectivity index (χ1v) is 9.37. The van der Waals surface area contributed by atoms with Gasteiger partial charge in [0, 0.05) is 30.9 Å². The second-order valence-electron chi connectivity index (χ2n) is 6.55. The smallest absolute Gasteiger partial charge is 0.228 e. The maximum Gasteiger partial charge on any atom is 0.228 e. The lowest BCUT2D eigenvalue weighted by molar-refractivity contribution is -0.130. The molecule has 1 amide bonds. The minimum atomic E-state index is 0. The quantitative estimate of drug-likeness (QED) is 0.833. The molecule has 2 atom stereocenters. The first-order chi connectivity index (χ1) is 11.8. The number of thiazole rings is 1. The molecule has 0 unspecified atom stereocenters. The van der Waals surface area contributed by atoms with Crippen molar-refractivity contribution >= 4 is 42.1 Å². The molecular weight excluding hydrogens is 393 g/mol. The summed E-state index contributed by atoms with van der Waals surface area (Å²) in [4.78, 5) is 27.5. The van der Waals surface area contributed by atoms with Crippen molar-refractivity contribution in [1.82, 2.24) is 25.2 Å². The molecule has 2 aromatic heterocycles. The lowest BCUT2D eigenvalue weighted by Gasteiger charge is -2.20. The fraction of sp³-hybridized carbons (Fsp3) is 0.529. The molecule has 0 aromatic carbocycles. The molecule has 9 heteroatoms. The van der Waals surface area contributed by atoms with Crippen molar-refractivity contribution < 1.29 is 4.79 Å². The molecule has 0 radical (unpaired) electrons. The summed E-state index contributed by atoms with van der Waals surface area (Å²) in [5.74, 6) is 1.68. The van der Waals surface area contributed by atoms with Gasteiger partial charge >= 0.3 is 0 Å². The number of likely N-dealkylation sites (tertiary alicyclic amines) is 1. The number of nitrogens with one attached hydrogen (secondary N) is 1. The Bertz CT molecular complexity index is 700. The fourth-order valence-corrected chi connectivity index (χ4v) is 4.43. The molecule has 0 bridgehead atoms. The number of amides is 1. The van der Waals surface area contributed by atoms with Gasteiger partial charge in [0.15, 0.2) is 0 Å². The van der Waals surface area contributed by atoms with Crippen molar-refractivity contribution in [1.29, 1.82) is 0 Å². The van der Waals surface area contributed by atoms with Crippen LogP contribution in [0.1, 0.15) is 18.5 Å². The third kappa shape index (κ3) is 4.71. The summed E-state index contributed by atoms with van der Waals surface area (Å²) in [5.41, 5.74) is 1.59. The molecule has 26 heavy (non-hydrogen) atoms. The Kier molecular flexibility index (Phi) is 7.76. The standard InChI is InChI=1S/C17H21N5OS.2ClH/c23-16(22-5-1-12-8-19-9-13(12)2-6-22)7-14-11-24-17(21-14)15-10-18-3-4-20-15;;/h3-4,10-13,19H,1-2,5-9H2;2*1H/t12-,13+;;. The third-order valence-corrected chi connectivity index (χ3v) is 5.95. The van der Waals surface area contributed by atoms with Crippen molar-refractivity contribution in [3.8, 4) is 10.7 Å². The van der Waals surface area contributed by atoms with Crippen molar-refractivity contribution in [3.63, 3.8) is 0 Å². The van der Waals surface area contributed by atoms with E-state index in [1.807, 2.05) is 10.3 Å². The Labute approximate surface area is 169 Å². The van der Waals surface area contributed by atoms with Gasteiger partial charge in [-0.05, 0) is 37.8 Å². The van der Waals surface area contributed by atoms with Crippen LogP contribution in [0, 0.1) is 11.8 Å². The first-order valence-electron chi connectivity index (χ1n) is 8.49. The van der Waals surface area contributed by atoms with E-state index in [0.29, 0.717) is 6.42 Å². The number of fused-ring (bicyclic) bond motifs is 1. The van der Waals surface area contributed by atoms with Crippen LogP contribution in [-0.4, -0.2) is 51.9 Å². The van der Waals surface area contributed by atoms with Crippen LogP contribution >= 0.6 is 36.2 Å². The van der Waals surface area contributed by atoms with Crippen LogP contribution in [0.5, 0.6) is 0 Å². The number of carbonyl (C=O) groups excluding carboxylic acids is 1.